The largest absolute Gasteiger partial charge is 0.0990 e. The molecular formula is C13H20. The standard InChI is InChI=1S/C11H14.C2H6/c1-5-9-11(8-4)10(6-2)7-3;1-2/h5-9H,1-2,4H2,3H3;1-2H3/b10-7-,11-9-;. The first-order valence-electron chi connectivity index (χ1n) is 4.54. The Morgan fingerprint density at radius 2 is 1.38 bits per heavy atom. The van der Waals surface area contributed by atoms with Crippen LogP contribution in [0.5, 0.6) is 0 Å². The Hall–Kier alpha value is -1.30. The summed E-state index contributed by atoms with van der Waals surface area (Å²) in [7, 11) is 0. The second-order valence-electron chi connectivity index (χ2n) is 2.01. The Morgan fingerprint density at radius 1 is 0.923 bits per heavy atom. The first-order chi connectivity index (χ1) is 6.29. The fraction of sp³-hybridized carbons (Fsp3) is 0.231. The van der Waals surface area contributed by atoms with Crippen molar-refractivity contribution in [1.29, 1.82) is 0 Å². The van der Waals surface area contributed by atoms with Gasteiger partial charge in [-0.3, -0.25) is 0 Å². The van der Waals surface area contributed by atoms with Gasteiger partial charge in [-0.2, -0.15) is 0 Å². The van der Waals surface area contributed by atoms with E-state index < -0.39 is 0 Å². The van der Waals surface area contributed by atoms with Crippen molar-refractivity contribution >= 4 is 0 Å². The summed E-state index contributed by atoms with van der Waals surface area (Å²) in [5, 5.41) is 0. The van der Waals surface area contributed by atoms with Crippen molar-refractivity contribution in [2.75, 3.05) is 0 Å². The SMILES string of the molecule is C=C/C=C(C=C)\C(C=C)=C/C.CC. The quantitative estimate of drug-likeness (QED) is 0.555. The van der Waals surface area contributed by atoms with Crippen LogP contribution in [0.4, 0.5) is 0 Å². The molecule has 0 unspecified atom stereocenters. The summed E-state index contributed by atoms with van der Waals surface area (Å²) < 4.78 is 0. The molecule has 0 aromatic carbocycles. The van der Waals surface area contributed by atoms with Gasteiger partial charge in [-0.15, -0.1) is 0 Å². The van der Waals surface area contributed by atoms with Gasteiger partial charge in [0.15, 0.2) is 0 Å². The van der Waals surface area contributed by atoms with Gasteiger partial charge in [0, 0.05) is 0 Å². The maximum Gasteiger partial charge on any atom is -0.0194 e. The molecule has 0 rings (SSSR count). The molecule has 0 amide bonds. The summed E-state index contributed by atoms with van der Waals surface area (Å²) >= 11 is 0. The molecule has 0 atom stereocenters. The van der Waals surface area contributed by atoms with Gasteiger partial charge < -0.3 is 0 Å². The summed E-state index contributed by atoms with van der Waals surface area (Å²) in [5.41, 5.74) is 2.14. The van der Waals surface area contributed by atoms with E-state index in [-0.39, 0.29) is 0 Å². The third-order valence-electron chi connectivity index (χ3n) is 1.38. The average molecular weight is 176 g/mol. The van der Waals surface area contributed by atoms with E-state index in [1.54, 1.807) is 18.2 Å². The molecule has 0 aromatic rings. The molecule has 0 saturated carbocycles. The number of rotatable bonds is 4. The van der Waals surface area contributed by atoms with Gasteiger partial charge in [-0.1, -0.05) is 64.0 Å². The van der Waals surface area contributed by atoms with E-state index in [1.807, 2.05) is 32.9 Å². The van der Waals surface area contributed by atoms with Crippen molar-refractivity contribution in [3.63, 3.8) is 0 Å². The molecular weight excluding hydrogens is 156 g/mol. The molecule has 0 heterocycles. The predicted molar refractivity (Wildman–Crippen MR) is 63.8 cm³/mol. The molecule has 0 aliphatic heterocycles. The highest BCUT2D eigenvalue weighted by molar-refractivity contribution is 5.46. The van der Waals surface area contributed by atoms with Gasteiger partial charge in [0.05, 0.1) is 0 Å². The van der Waals surface area contributed by atoms with Crippen LogP contribution < -0.4 is 0 Å². The van der Waals surface area contributed by atoms with Gasteiger partial charge >= 0.3 is 0 Å². The monoisotopic (exact) mass is 176 g/mol. The first kappa shape index (κ1) is 14.2. The maximum absolute atomic E-state index is 3.69. The molecule has 0 fully saturated rings. The van der Waals surface area contributed by atoms with E-state index in [2.05, 4.69) is 19.7 Å². The summed E-state index contributed by atoms with van der Waals surface area (Å²) in [4.78, 5) is 0. The normalized spacial score (nSPS) is 11.0. The van der Waals surface area contributed by atoms with E-state index in [9.17, 15) is 0 Å². The van der Waals surface area contributed by atoms with Gasteiger partial charge in [0.1, 0.15) is 0 Å². The van der Waals surface area contributed by atoms with Crippen LogP contribution in [0, 0.1) is 0 Å². The van der Waals surface area contributed by atoms with Crippen molar-refractivity contribution in [3.8, 4) is 0 Å². The zero-order valence-electron chi connectivity index (χ0n) is 9.01. The number of hydrogen-bond acceptors (Lipinski definition) is 0. The van der Waals surface area contributed by atoms with E-state index in [0.29, 0.717) is 0 Å². The molecule has 0 spiro atoms. The Bertz CT molecular complexity index is 214. The van der Waals surface area contributed by atoms with Crippen LogP contribution in [0.3, 0.4) is 0 Å². The molecule has 0 aromatic heterocycles. The zero-order valence-corrected chi connectivity index (χ0v) is 9.01. The van der Waals surface area contributed by atoms with E-state index in [4.69, 9.17) is 0 Å². The summed E-state index contributed by atoms with van der Waals surface area (Å²) in [6, 6.07) is 0. The lowest BCUT2D eigenvalue weighted by atomic mass is 10.1. The molecule has 0 heteroatoms. The molecule has 0 N–H and O–H groups in total. The van der Waals surface area contributed by atoms with Crippen molar-refractivity contribution in [3.05, 3.63) is 61.3 Å². The Balaban J connectivity index is 0. The molecule has 0 saturated heterocycles. The predicted octanol–water partition coefficient (Wildman–Crippen LogP) is 4.44. The summed E-state index contributed by atoms with van der Waals surface area (Å²) in [5.74, 6) is 0. The molecule has 72 valence electrons. The van der Waals surface area contributed by atoms with Crippen LogP contribution in [0.1, 0.15) is 20.8 Å². The smallest absolute Gasteiger partial charge is 0.0194 e. The third kappa shape index (κ3) is 5.92. The van der Waals surface area contributed by atoms with Gasteiger partial charge in [-0.25, -0.2) is 0 Å². The highest BCUT2D eigenvalue weighted by Crippen LogP contribution is 2.11. The van der Waals surface area contributed by atoms with Crippen LogP contribution in [0.15, 0.2) is 61.3 Å². The van der Waals surface area contributed by atoms with Crippen molar-refractivity contribution < 1.29 is 0 Å². The summed E-state index contributed by atoms with van der Waals surface area (Å²) in [6.45, 7) is 17.0. The minimum Gasteiger partial charge on any atom is -0.0990 e. The molecule has 13 heavy (non-hydrogen) atoms. The lowest BCUT2D eigenvalue weighted by Crippen LogP contribution is -1.79. The number of allylic oxidation sites excluding steroid dienone is 7. The van der Waals surface area contributed by atoms with Gasteiger partial charge in [-0.05, 0) is 18.1 Å². The average Bonchev–Trinajstić information content (AvgIpc) is 2.21. The molecule has 0 aliphatic carbocycles. The highest BCUT2D eigenvalue weighted by atomic mass is 14.0. The van der Waals surface area contributed by atoms with Crippen molar-refractivity contribution in [1.82, 2.24) is 0 Å². The van der Waals surface area contributed by atoms with Crippen LogP contribution in [0.2, 0.25) is 0 Å². The van der Waals surface area contributed by atoms with E-state index in [1.165, 1.54) is 0 Å². The van der Waals surface area contributed by atoms with Crippen LogP contribution in [0.25, 0.3) is 0 Å². The lowest BCUT2D eigenvalue weighted by molar-refractivity contribution is 1.50. The van der Waals surface area contributed by atoms with Gasteiger partial charge in [0.25, 0.3) is 0 Å². The molecule has 0 aliphatic rings. The van der Waals surface area contributed by atoms with Crippen LogP contribution in [-0.2, 0) is 0 Å². The first-order valence-corrected chi connectivity index (χ1v) is 4.54. The zero-order chi connectivity index (χ0) is 10.7. The van der Waals surface area contributed by atoms with Crippen molar-refractivity contribution in [2.24, 2.45) is 0 Å². The van der Waals surface area contributed by atoms with Gasteiger partial charge in [0.2, 0.25) is 0 Å². The maximum atomic E-state index is 3.69. The second kappa shape index (κ2) is 10.7. The van der Waals surface area contributed by atoms with E-state index >= 15 is 0 Å². The minimum atomic E-state index is 1.05. The fourth-order valence-electron chi connectivity index (χ4n) is 0.811. The molecule has 0 nitrogen and oxygen atoms in total. The molecule has 0 bridgehead atoms. The number of hydrogen-bond donors (Lipinski definition) is 0. The third-order valence-corrected chi connectivity index (χ3v) is 1.38. The summed E-state index contributed by atoms with van der Waals surface area (Å²) in [6.07, 6.45) is 9.23. The topological polar surface area (TPSA) is 0 Å². The fourth-order valence-corrected chi connectivity index (χ4v) is 0.811. The Morgan fingerprint density at radius 3 is 1.62 bits per heavy atom. The Kier molecular flexibility index (Phi) is 11.7. The highest BCUT2D eigenvalue weighted by Gasteiger charge is 1.91. The van der Waals surface area contributed by atoms with E-state index in [0.717, 1.165) is 11.1 Å². The second-order valence-corrected chi connectivity index (χ2v) is 2.01. The minimum absolute atomic E-state index is 1.05. The van der Waals surface area contributed by atoms with Crippen molar-refractivity contribution in [2.45, 2.75) is 20.8 Å². The lowest BCUT2D eigenvalue weighted by Gasteiger charge is -1.99. The van der Waals surface area contributed by atoms with Crippen LogP contribution in [-0.4, -0.2) is 0 Å². The molecule has 0 radical (unpaired) electrons. The van der Waals surface area contributed by atoms with Crippen LogP contribution >= 0.6 is 0 Å². The Labute approximate surface area is 82.7 Å².